The monoisotopic (exact) mass is 359 g/mol. The fraction of sp³-hybridized carbons (Fsp3) is 0.588. The van der Waals surface area contributed by atoms with Gasteiger partial charge in [-0.05, 0) is 44.2 Å². The zero-order valence-corrected chi connectivity index (χ0v) is 15.2. The van der Waals surface area contributed by atoms with Gasteiger partial charge in [-0.1, -0.05) is 30.3 Å². The SMILES string of the molecule is CC(N)(C(=O)NCC1CCN(C2CC2)C1)c1ccccc1.Cl.Cl. The molecule has 6 heteroatoms. The third kappa shape index (κ3) is 4.83. The van der Waals surface area contributed by atoms with E-state index in [2.05, 4.69) is 10.2 Å². The normalized spacial score (nSPS) is 23.3. The third-order valence-corrected chi connectivity index (χ3v) is 4.78. The molecule has 3 rings (SSSR count). The van der Waals surface area contributed by atoms with E-state index in [0.717, 1.165) is 24.7 Å². The summed E-state index contributed by atoms with van der Waals surface area (Å²) in [5, 5.41) is 3.05. The third-order valence-electron chi connectivity index (χ3n) is 4.78. The van der Waals surface area contributed by atoms with Crippen LogP contribution in [0.3, 0.4) is 0 Å². The van der Waals surface area contributed by atoms with Gasteiger partial charge in [0.1, 0.15) is 5.54 Å². The van der Waals surface area contributed by atoms with Gasteiger partial charge in [-0.2, -0.15) is 0 Å². The minimum absolute atomic E-state index is 0. The first-order valence-electron chi connectivity index (χ1n) is 7.94. The second kappa shape index (κ2) is 8.34. The van der Waals surface area contributed by atoms with Crippen molar-refractivity contribution in [1.82, 2.24) is 10.2 Å². The molecular formula is C17H27Cl2N3O. The lowest BCUT2D eigenvalue weighted by Gasteiger charge is -2.25. The zero-order valence-electron chi connectivity index (χ0n) is 13.5. The van der Waals surface area contributed by atoms with E-state index in [1.165, 1.54) is 25.8 Å². The van der Waals surface area contributed by atoms with Crippen LogP contribution < -0.4 is 11.1 Å². The van der Waals surface area contributed by atoms with E-state index in [-0.39, 0.29) is 30.7 Å². The molecular weight excluding hydrogens is 333 g/mol. The molecule has 1 heterocycles. The van der Waals surface area contributed by atoms with Crippen molar-refractivity contribution < 1.29 is 4.79 Å². The van der Waals surface area contributed by atoms with Crippen LogP contribution in [0.25, 0.3) is 0 Å². The molecule has 1 aromatic rings. The first-order chi connectivity index (χ1) is 10.1. The molecule has 1 aromatic carbocycles. The van der Waals surface area contributed by atoms with Crippen LogP contribution >= 0.6 is 24.8 Å². The molecule has 0 aromatic heterocycles. The molecule has 3 N–H and O–H groups in total. The second-order valence-electron chi connectivity index (χ2n) is 6.66. The van der Waals surface area contributed by atoms with Gasteiger partial charge in [-0.25, -0.2) is 0 Å². The maximum absolute atomic E-state index is 12.4. The molecule has 2 fully saturated rings. The number of carbonyl (C=O) groups is 1. The number of hydrogen-bond donors (Lipinski definition) is 2. The molecule has 4 nitrogen and oxygen atoms in total. The fourth-order valence-electron chi connectivity index (χ4n) is 3.14. The lowest BCUT2D eigenvalue weighted by atomic mass is 9.92. The number of rotatable bonds is 5. The van der Waals surface area contributed by atoms with E-state index in [1.807, 2.05) is 30.3 Å². The molecule has 2 unspecified atom stereocenters. The lowest BCUT2D eigenvalue weighted by Crippen LogP contribution is -2.50. The second-order valence-corrected chi connectivity index (χ2v) is 6.66. The van der Waals surface area contributed by atoms with Crippen LogP contribution in [0.5, 0.6) is 0 Å². The van der Waals surface area contributed by atoms with Crippen molar-refractivity contribution in [2.45, 2.75) is 37.8 Å². The molecule has 23 heavy (non-hydrogen) atoms. The zero-order chi connectivity index (χ0) is 14.9. The summed E-state index contributed by atoms with van der Waals surface area (Å²) < 4.78 is 0. The van der Waals surface area contributed by atoms with Crippen molar-refractivity contribution in [2.75, 3.05) is 19.6 Å². The number of nitrogens with one attached hydrogen (secondary N) is 1. The predicted molar refractivity (Wildman–Crippen MR) is 98.2 cm³/mol. The highest BCUT2D eigenvalue weighted by molar-refractivity contribution is 5.87. The first kappa shape index (κ1) is 20.2. The Morgan fingerprint density at radius 2 is 1.91 bits per heavy atom. The van der Waals surface area contributed by atoms with E-state index >= 15 is 0 Å². The summed E-state index contributed by atoms with van der Waals surface area (Å²) in [4.78, 5) is 15.0. The standard InChI is InChI=1S/C17H25N3O.2ClH/c1-17(18,14-5-3-2-4-6-14)16(21)19-11-13-9-10-20(12-13)15-7-8-15;;/h2-6,13,15H,7-12,18H2,1H3,(H,19,21);2*1H. The lowest BCUT2D eigenvalue weighted by molar-refractivity contribution is -0.126. The molecule has 0 bridgehead atoms. The van der Waals surface area contributed by atoms with E-state index in [9.17, 15) is 4.79 Å². The molecule has 1 saturated carbocycles. The van der Waals surface area contributed by atoms with Gasteiger partial charge in [0.15, 0.2) is 0 Å². The Labute approximate surface area is 151 Å². The average Bonchev–Trinajstić information content (AvgIpc) is 3.24. The van der Waals surface area contributed by atoms with Gasteiger partial charge < -0.3 is 16.0 Å². The summed E-state index contributed by atoms with van der Waals surface area (Å²) in [5.41, 5.74) is 6.12. The van der Waals surface area contributed by atoms with E-state index in [4.69, 9.17) is 5.73 Å². The minimum atomic E-state index is -0.962. The van der Waals surface area contributed by atoms with Crippen molar-refractivity contribution in [3.8, 4) is 0 Å². The van der Waals surface area contributed by atoms with Crippen LogP contribution in [0.1, 0.15) is 31.7 Å². The van der Waals surface area contributed by atoms with Gasteiger partial charge in [0.05, 0.1) is 0 Å². The Bertz CT molecular complexity index is 506. The van der Waals surface area contributed by atoms with Gasteiger partial charge in [0, 0.05) is 19.1 Å². The average molecular weight is 360 g/mol. The first-order valence-corrected chi connectivity index (χ1v) is 7.94. The van der Waals surface area contributed by atoms with Crippen molar-refractivity contribution in [1.29, 1.82) is 0 Å². The molecule has 1 aliphatic heterocycles. The van der Waals surface area contributed by atoms with Gasteiger partial charge in [0.25, 0.3) is 0 Å². The number of hydrogen-bond acceptors (Lipinski definition) is 3. The largest absolute Gasteiger partial charge is 0.354 e. The van der Waals surface area contributed by atoms with E-state index in [1.54, 1.807) is 6.92 Å². The highest BCUT2D eigenvalue weighted by Gasteiger charge is 2.35. The quantitative estimate of drug-likeness (QED) is 0.847. The number of amides is 1. The molecule has 130 valence electrons. The van der Waals surface area contributed by atoms with Crippen molar-refractivity contribution in [2.24, 2.45) is 11.7 Å². The van der Waals surface area contributed by atoms with Crippen molar-refractivity contribution in [3.63, 3.8) is 0 Å². The number of nitrogens with two attached hydrogens (primary N) is 1. The predicted octanol–water partition coefficient (Wildman–Crippen LogP) is 2.30. The van der Waals surface area contributed by atoms with Crippen LogP contribution in [0, 0.1) is 5.92 Å². The van der Waals surface area contributed by atoms with Crippen molar-refractivity contribution in [3.05, 3.63) is 35.9 Å². The summed E-state index contributed by atoms with van der Waals surface area (Å²) in [5.74, 6) is 0.486. The summed E-state index contributed by atoms with van der Waals surface area (Å²) in [7, 11) is 0. The number of nitrogens with zero attached hydrogens (tertiary/aromatic N) is 1. The van der Waals surface area contributed by atoms with Gasteiger partial charge >= 0.3 is 0 Å². The summed E-state index contributed by atoms with van der Waals surface area (Å²) >= 11 is 0. The highest BCUT2D eigenvalue weighted by atomic mass is 35.5. The van der Waals surface area contributed by atoms with Crippen LogP contribution in [0.15, 0.2) is 30.3 Å². The Hall–Kier alpha value is -0.810. The summed E-state index contributed by atoms with van der Waals surface area (Å²) in [6, 6.07) is 10.4. The van der Waals surface area contributed by atoms with E-state index in [0.29, 0.717) is 5.92 Å². The molecule has 0 radical (unpaired) electrons. The van der Waals surface area contributed by atoms with Crippen molar-refractivity contribution >= 4 is 30.7 Å². The van der Waals surface area contributed by atoms with E-state index < -0.39 is 5.54 Å². The van der Waals surface area contributed by atoms with Gasteiger partial charge in [-0.3, -0.25) is 4.79 Å². The minimum Gasteiger partial charge on any atom is -0.354 e. The van der Waals surface area contributed by atoms with Crippen LogP contribution in [0.4, 0.5) is 0 Å². The summed E-state index contributed by atoms with van der Waals surface area (Å²) in [6.45, 7) is 4.83. The highest BCUT2D eigenvalue weighted by Crippen LogP contribution is 2.31. The maximum Gasteiger partial charge on any atom is 0.244 e. The van der Waals surface area contributed by atoms with Crippen LogP contribution in [-0.2, 0) is 10.3 Å². The topological polar surface area (TPSA) is 58.4 Å². The number of carbonyl (C=O) groups excluding carboxylic acids is 1. The Morgan fingerprint density at radius 3 is 2.52 bits per heavy atom. The van der Waals surface area contributed by atoms with Gasteiger partial charge in [-0.15, -0.1) is 24.8 Å². The number of halogens is 2. The Morgan fingerprint density at radius 1 is 1.26 bits per heavy atom. The molecule has 0 spiro atoms. The Kier molecular flexibility index (Phi) is 7.33. The molecule has 1 aliphatic carbocycles. The molecule has 2 atom stereocenters. The molecule has 2 aliphatic rings. The van der Waals surface area contributed by atoms with Crippen LogP contribution in [0.2, 0.25) is 0 Å². The Balaban J connectivity index is 0.00000132. The molecule has 1 amide bonds. The summed E-state index contributed by atoms with van der Waals surface area (Å²) in [6.07, 6.45) is 3.89. The fourth-order valence-corrected chi connectivity index (χ4v) is 3.14. The number of likely N-dealkylation sites (tertiary alicyclic amines) is 1. The molecule has 1 saturated heterocycles. The van der Waals surface area contributed by atoms with Gasteiger partial charge in [0.2, 0.25) is 5.91 Å². The maximum atomic E-state index is 12.4. The number of benzene rings is 1. The van der Waals surface area contributed by atoms with Crippen LogP contribution in [-0.4, -0.2) is 36.5 Å². The smallest absolute Gasteiger partial charge is 0.244 e.